The predicted molar refractivity (Wildman–Crippen MR) is 142 cm³/mol. The van der Waals surface area contributed by atoms with Crippen LogP contribution in [0.1, 0.15) is 25.5 Å². The monoisotopic (exact) mass is 535 g/mol. The minimum Gasteiger partial charge on any atom is -0.383 e. The number of aromatic nitrogens is 4. The van der Waals surface area contributed by atoms with Gasteiger partial charge in [-0.2, -0.15) is 15.2 Å². The zero-order valence-electron chi connectivity index (χ0n) is 22.5. The molecule has 4 rings (SSSR count). The number of halogens is 3. The van der Waals surface area contributed by atoms with Gasteiger partial charge < -0.3 is 15.4 Å². The maximum Gasteiger partial charge on any atom is 0.243 e. The quantitative estimate of drug-likeness (QED) is 0.372. The highest BCUT2D eigenvalue weighted by molar-refractivity contribution is 5.87. The molecule has 4 heterocycles. The molecule has 1 saturated heterocycles. The number of ether oxygens (including phenoxy) is 1. The molecule has 1 aliphatic rings. The second kappa shape index (κ2) is 14.0. The number of pyridine rings is 1. The Bertz CT molecular complexity index is 1200. The highest BCUT2D eigenvalue weighted by Gasteiger charge is 2.30. The van der Waals surface area contributed by atoms with Crippen molar-refractivity contribution >= 4 is 23.0 Å². The van der Waals surface area contributed by atoms with E-state index in [1.54, 1.807) is 25.7 Å². The summed E-state index contributed by atoms with van der Waals surface area (Å²) in [6.07, 6.45) is -0.632. The van der Waals surface area contributed by atoms with Crippen LogP contribution in [0.4, 0.5) is 30.6 Å². The Morgan fingerprint density at radius 3 is 2.61 bits per heavy atom. The van der Waals surface area contributed by atoms with Gasteiger partial charge in [0.05, 0.1) is 24.0 Å². The first-order valence-electron chi connectivity index (χ1n) is 12.6. The average molecular weight is 536 g/mol. The number of alkyl halides is 3. The minimum absolute atomic E-state index is 0.0278. The van der Waals surface area contributed by atoms with Gasteiger partial charge in [0.2, 0.25) is 12.4 Å². The molecule has 1 fully saturated rings. The summed E-state index contributed by atoms with van der Waals surface area (Å²) in [6, 6.07) is 5.41. The van der Waals surface area contributed by atoms with Crippen LogP contribution in [-0.4, -0.2) is 90.6 Å². The number of likely N-dealkylation sites (tertiary alicyclic amines) is 1. The standard InChI is InChI=1S/C22H30FN9O.C3H6F2/c1-14-17(29-25-3)5-6-18(26-14)15-7-10-32-20(15)21(24-2)28-22(30-32)27-19-8-9-31(11-12-33-4)13-16(19)23;1-2-3(4)5/h5-7,10,16,19H,8-9,11-13H2,1-4H3,(H2,24,27,28,30);3H,2H2,1H3. The van der Waals surface area contributed by atoms with Gasteiger partial charge in [0.15, 0.2) is 5.82 Å². The first-order chi connectivity index (χ1) is 18.3. The highest BCUT2D eigenvalue weighted by atomic mass is 19.3. The van der Waals surface area contributed by atoms with Crippen molar-refractivity contribution in [1.82, 2.24) is 24.5 Å². The molecule has 2 N–H and O–H groups in total. The number of methoxy groups -OCH3 is 1. The summed E-state index contributed by atoms with van der Waals surface area (Å²) < 4.78 is 43.2. The third-order valence-corrected chi connectivity index (χ3v) is 6.15. The maximum atomic E-state index is 14.8. The van der Waals surface area contributed by atoms with Gasteiger partial charge in [-0.1, -0.05) is 6.92 Å². The number of azo groups is 1. The van der Waals surface area contributed by atoms with Crippen LogP contribution in [0, 0.1) is 6.92 Å². The normalized spacial score (nSPS) is 18.1. The Labute approximate surface area is 220 Å². The van der Waals surface area contributed by atoms with Gasteiger partial charge in [-0.25, -0.2) is 17.7 Å². The maximum absolute atomic E-state index is 14.8. The van der Waals surface area contributed by atoms with E-state index in [1.807, 2.05) is 31.3 Å². The molecule has 13 heteroatoms. The lowest BCUT2D eigenvalue weighted by Gasteiger charge is -2.34. The predicted octanol–water partition coefficient (Wildman–Crippen LogP) is 4.99. The first kappa shape index (κ1) is 29.2. The molecule has 0 bridgehead atoms. The molecular formula is C25H36F3N9O. The number of aryl methyl sites for hydroxylation is 1. The molecule has 2 unspecified atom stereocenters. The largest absolute Gasteiger partial charge is 0.383 e. The van der Waals surface area contributed by atoms with Gasteiger partial charge >= 0.3 is 0 Å². The summed E-state index contributed by atoms with van der Waals surface area (Å²) in [7, 11) is 5.09. The van der Waals surface area contributed by atoms with E-state index in [0.29, 0.717) is 31.3 Å². The average Bonchev–Trinajstić information content (AvgIpc) is 3.34. The van der Waals surface area contributed by atoms with Crippen LogP contribution >= 0.6 is 0 Å². The molecule has 38 heavy (non-hydrogen) atoms. The Kier molecular flexibility index (Phi) is 10.8. The van der Waals surface area contributed by atoms with Crippen LogP contribution in [-0.2, 0) is 4.74 Å². The third-order valence-electron chi connectivity index (χ3n) is 6.15. The van der Waals surface area contributed by atoms with E-state index >= 15 is 0 Å². The lowest BCUT2D eigenvalue weighted by Crippen LogP contribution is -2.48. The van der Waals surface area contributed by atoms with E-state index in [9.17, 15) is 13.2 Å². The van der Waals surface area contributed by atoms with Crippen molar-refractivity contribution in [2.45, 2.75) is 45.3 Å². The van der Waals surface area contributed by atoms with Crippen LogP contribution in [0.25, 0.3) is 16.8 Å². The molecule has 3 aromatic rings. The van der Waals surface area contributed by atoms with E-state index in [1.165, 1.54) is 6.92 Å². The van der Waals surface area contributed by atoms with Crippen molar-refractivity contribution in [2.24, 2.45) is 10.2 Å². The van der Waals surface area contributed by atoms with Crippen molar-refractivity contribution in [2.75, 3.05) is 58.1 Å². The molecule has 208 valence electrons. The summed E-state index contributed by atoms with van der Waals surface area (Å²) in [5.74, 6) is 1.02. The number of rotatable bonds is 9. The molecule has 10 nitrogen and oxygen atoms in total. The smallest absolute Gasteiger partial charge is 0.243 e. The molecule has 0 amide bonds. The van der Waals surface area contributed by atoms with Crippen molar-refractivity contribution in [3.63, 3.8) is 0 Å². The summed E-state index contributed by atoms with van der Waals surface area (Å²) in [5, 5.41) is 18.8. The van der Waals surface area contributed by atoms with E-state index in [0.717, 1.165) is 41.2 Å². The summed E-state index contributed by atoms with van der Waals surface area (Å²) >= 11 is 0. The fraction of sp³-hybridized carbons (Fsp3) is 0.560. The summed E-state index contributed by atoms with van der Waals surface area (Å²) in [5.41, 5.74) is 4.00. The van der Waals surface area contributed by atoms with Crippen molar-refractivity contribution in [3.8, 4) is 11.3 Å². The van der Waals surface area contributed by atoms with Gasteiger partial charge in [0, 0.05) is 59.0 Å². The lowest BCUT2D eigenvalue weighted by molar-refractivity contribution is 0.0918. The Hall–Kier alpha value is -3.32. The van der Waals surface area contributed by atoms with Crippen molar-refractivity contribution in [1.29, 1.82) is 0 Å². The second-order valence-corrected chi connectivity index (χ2v) is 8.81. The van der Waals surface area contributed by atoms with Crippen molar-refractivity contribution < 1.29 is 17.9 Å². The zero-order valence-corrected chi connectivity index (χ0v) is 22.5. The zero-order chi connectivity index (χ0) is 27.7. The number of hydrogen-bond donors (Lipinski definition) is 2. The highest BCUT2D eigenvalue weighted by Crippen LogP contribution is 2.31. The van der Waals surface area contributed by atoms with E-state index < -0.39 is 12.6 Å². The molecule has 0 spiro atoms. The van der Waals surface area contributed by atoms with E-state index in [-0.39, 0.29) is 12.5 Å². The van der Waals surface area contributed by atoms with E-state index in [4.69, 9.17) is 4.74 Å². The van der Waals surface area contributed by atoms with Crippen LogP contribution in [0.5, 0.6) is 0 Å². The molecule has 0 saturated carbocycles. The number of nitrogens with zero attached hydrogens (tertiary/aromatic N) is 7. The van der Waals surface area contributed by atoms with Crippen LogP contribution in [0.2, 0.25) is 0 Å². The van der Waals surface area contributed by atoms with Gasteiger partial charge in [0.25, 0.3) is 0 Å². The SMILES string of the molecule is CCC(F)F.CN=Nc1ccc(-c2ccn3nc(NC4CCN(CCOC)CC4F)nc(NC)c23)nc1C. The third kappa shape index (κ3) is 7.38. The lowest BCUT2D eigenvalue weighted by atomic mass is 10.0. The Morgan fingerprint density at radius 1 is 1.24 bits per heavy atom. The van der Waals surface area contributed by atoms with E-state index in [2.05, 4.69) is 40.8 Å². The van der Waals surface area contributed by atoms with Gasteiger partial charge in [-0.05, 0) is 31.5 Å². The van der Waals surface area contributed by atoms with Crippen LogP contribution in [0.3, 0.4) is 0 Å². The van der Waals surface area contributed by atoms with Crippen molar-refractivity contribution in [3.05, 3.63) is 30.1 Å². The second-order valence-electron chi connectivity index (χ2n) is 8.81. The van der Waals surface area contributed by atoms with Crippen LogP contribution in [0.15, 0.2) is 34.6 Å². The number of hydrogen-bond acceptors (Lipinski definition) is 9. The summed E-state index contributed by atoms with van der Waals surface area (Å²) in [6.45, 7) is 5.86. The Morgan fingerprint density at radius 2 is 2.00 bits per heavy atom. The fourth-order valence-corrected chi connectivity index (χ4v) is 4.10. The van der Waals surface area contributed by atoms with Gasteiger partial charge in [0.1, 0.15) is 17.4 Å². The molecule has 3 aromatic heterocycles. The Balaban J connectivity index is 0.000000732. The number of piperidine rings is 1. The first-order valence-corrected chi connectivity index (χ1v) is 12.6. The van der Waals surface area contributed by atoms with Crippen LogP contribution < -0.4 is 10.6 Å². The molecule has 0 radical (unpaired) electrons. The molecule has 1 aliphatic heterocycles. The summed E-state index contributed by atoms with van der Waals surface area (Å²) in [4.78, 5) is 11.4. The van der Waals surface area contributed by atoms with Gasteiger partial charge in [-0.15, -0.1) is 5.10 Å². The molecule has 0 aromatic carbocycles. The topological polar surface area (TPSA) is 104 Å². The molecule has 0 aliphatic carbocycles. The number of fused-ring (bicyclic) bond motifs is 1. The number of anilines is 2. The molecular weight excluding hydrogens is 499 g/mol. The fourth-order valence-electron chi connectivity index (χ4n) is 4.10. The number of nitrogens with one attached hydrogen (secondary N) is 2. The minimum atomic E-state index is -2.12. The molecule has 2 atom stereocenters. The van der Waals surface area contributed by atoms with Gasteiger partial charge in [-0.3, -0.25) is 9.88 Å².